The smallest absolute Gasteiger partial charge is 0.0156 e. The molecular formula is C25H23I. The van der Waals surface area contributed by atoms with E-state index in [4.69, 9.17) is 0 Å². The molecule has 0 unspecified atom stereocenters. The second-order valence-electron chi connectivity index (χ2n) is 8.23. The van der Waals surface area contributed by atoms with Crippen LogP contribution < -0.4 is 0 Å². The maximum atomic E-state index is 2.51. The molecule has 0 fully saturated rings. The average Bonchev–Trinajstić information content (AvgIpc) is 2.88. The van der Waals surface area contributed by atoms with Crippen molar-refractivity contribution >= 4 is 39.8 Å². The fraction of sp³-hybridized carbons (Fsp3) is 0.280. The monoisotopic (exact) mass is 450 g/mol. The van der Waals surface area contributed by atoms with Gasteiger partial charge in [-0.25, -0.2) is 0 Å². The van der Waals surface area contributed by atoms with Gasteiger partial charge in [-0.15, -0.1) is 0 Å². The summed E-state index contributed by atoms with van der Waals surface area (Å²) in [5, 5.41) is 0. The number of rotatable bonds is 1. The molecule has 0 saturated heterocycles. The molecule has 0 atom stereocenters. The number of aryl methyl sites for hydroxylation is 1. The highest BCUT2D eigenvalue weighted by Crippen LogP contribution is 2.52. The van der Waals surface area contributed by atoms with Gasteiger partial charge in [-0.1, -0.05) is 56.3 Å². The molecule has 2 aromatic carbocycles. The minimum Gasteiger partial charge on any atom is -0.0836 e. The van der Waals surface area contributed by atoms with Gasteiger partial charge in [-0.3, -0.25) is 0 Å². The van der Waals surface area contributed by atoms with E-state index in [0.29, 0.717) is 0 Å². The first-order valence-corrected chi connectivity index (χ1v) is 10.7. The molecule has 0 radical (unpaired) electrons. The van der Waals surface area contributed by atoms with Crippen LogP contribution in [0.4, 0.5) is 0 Å². The lowest BCUT2D eigenvalue weighted by molar-refractivity contribution is 0.651. The maximum Gasteiger partial charge on any atom is 0.0156 e. The molecule has 2 aromatic rings. The van der Waals surface area contributed by atoms with E-state index in [0.717, 1.165) is 12.8 Å². The minimum absolute atomic E-state index is 0.106. The summed E-state index contributed by atoms with van der Waals surface area (Å²) in [4.78, 5) is 0. The molecule has 0 aromatic heterocycles. The van der Waals surface area contributed by atoms with E-state index in [2.05, 4.69) is 91.1 Å². The molecule has 0 heterocycles. The maximum absolute atomic E-state index is 2.51. The van der Waals surface area contributed by atoms with Crippen molar-refractivity contribution < 1.29 is 0 Å². The van der Waals surface area contributed by atoms with Gasteiger partial charge in [-0.2, -0.15) is 0 Å². The van der Waals surface area contributed by atoms with Crippen molar-refractivity contribution in [2.24, 2.45) is 0 Å². The number of allylic oxidation sites excluding steroid dienone is 5. The van der Waals surface area contributed by atoms with Crippen LogP contribution in [-0.4, -0.2) is 0 Å². The Bertz CT molecular complexity index is 1010. The molecule has 0 bridgehead atoms. The molecule has 1 heteroatoms. The summed E-state index contributed by atoms with van der Waals surface area (Å²) in [7, 11) is 0. The number of fused-ring (bicyclic) bond motifs is 3. The molecule has 0 amide bonds. The zero-order chi connectivity index (χ0) is 17.9. The third-order valence-electron chi connectivity index (χ3n) is 6.33. The van der Waals surface area contributed by atoms with Crippen LogP contribution in [-0.2, 0) is 11.8 Å². The summed E-state index contributed by atoms with van der Waals surface area (Å²) in [5.74, 6) is 0. The van der Waals surface area contributed by atoms with Gasteiger partial charge in [0.25, 0.3) is 0 Å². The largest absolute Gasteiger partial charge is 0.0836 e. The van der Waals surface area contributed by atoms with E-state index in [1.807, 2.05) is 0 Å². The summed E-state index contributed by atoms with van der Waals surface area (Å²) < 4.78 is 1.33. The first-order chi connectivity index (χ1) is 12.5. The quantitative estimate of drug-likeness (QED) is 0.404. The van der Waals surface area contributed by atoms with Crippen LogP contribution in [0.15, 0.2) is 54.1 Å². The molecule has 3 aliphatic carbocycles. The van der Waals surface area contributed by atoms with Crippen molar-refractivity contribution in [3.05, 3.63) is 85.5 Å². The van der Waals surface area contributed by atoms with E-state index in [1.165, 1.54) is 55.4 Å². The van der Waals surface area contributed by atoms with Crippen LogP contribution in [0.25, 0.3) is 17.2 Å². The first kappa shape index (κ1) is 16.6. The SMILES string of the molecule is CC1(C)C2=C(CCC(c3ccc4c(c3)CCC=C4)=C2)c2ccc(I)cc21. The predicted octanol–water partition coefficient (Wildman–Crippen LogP) is 7.17. The van der Waals surface area contributed by atoms with Crippen molar-refractivity contribution in [3.63, 3.8) is 0 Å². The van der Waals surface area contributed by atoms with Crippen LogP contribution in [0.5, 0.6) is 0 Å². The van der Waals surface area contributed by atoms with Gasteiger partial charge in [0.1, 0.15) is 0 Å². The van der Waals surface area contributed by atoms with E-state index < -0.39 is 0 Å². The van der Waals surface area contributed by atoms with E-state index in [-0.39, 0.29) is 5.41 Å². The fourth-order valence-corrected chi connectivity index (χ4v) is 5.36. The lowest BCUT2D eigenvalue weighted by atomic mass is 9.78. The van der Waals surface area contributed by atoms with Gasteiger partial charge >= 0.3 is 0 Å². The molecule has 0 saturated carbocycles. The van der Waals surface area contributed by atoms with Crippen LogP contribution >= 0.6 is 22.6 Å². The molecular weight excluding hydrogens is 427 g/mol. The van der Waals surface area contributed by atoms with E-state index in [9.17, 15) is 0 Å². The topological polar surface area (TPSA) is 0 Å². The van der Waals surface area contributed by atoms with Gasteiger partial charge in [0.15, 0.2) is 0 Å². The Labute approximate surface area is 169 Å². The van der Waals surface area contributed by atoms with Gasteiger partial charge < -0.3 is 0 Å². The molecule has 5 rings (SSSR count). The van der Waals surface area contributed by atoms with Gasteiger partial charge in [0.2, 0.25) is 0 Å². The molecule has 0 aliphatic heterocycles. The highest BCUT2D eigenvalue weighted by molar-refractivity contribution is 14.1. The molecule has 130 valence electrons. The summed E-state index contributed by atoms with van der Waals surface area (Å²) in [6, 6.07) is 14.0. The zero-order valence-corrected chi connectivity index (χ0v) is 17.6. The van der Waals surface area contributed by atoms with E-state index in [1.54, 1.807) is 5.57 Å². The van der Waals surface area contributed by atoms with Crippen molar-refractivity contribution in [1.82, 2.24) is 0 Å². The lowest BCUT2D eigenvalue weighted by Crippen LogP contribution is -2.17. The molecule has 0 N–H and O–H groups in total. The highest BCUT2D eigenvalue weighted by Gasteiger charge is 2.38. The Kier molecular flexibility index (Phi) is 3.79. The lowest BCUT2D eigenvalue weighted by Gasteiger charge is -2.26. The second-order valence-corrected chi connectivity index (χ2v) is 9.48. The minimum atomic E-state index is 0.106. The van der Waals surface area contributed by atoms with E-state index >= 15 is 0 Å². The Morgan fingerprint density at radius 1 is 0.962 bits per heavy atom. The molecule has 26 heavy (non-hydrogen) atoms. The number of benzene rings is 2. The molecule has 0 spiro atoms. The number of hydrogen-bond donors (Lipinski definition) is 0. The van der Waals surface area contributed by atoms with Gasteiger partial charge in [0.05, 0.1) is 0 Å². The molecule has 0 nitrogen and oxygen atoms in total. The Balaban J connectivity index is 1.60. The summed E-state index contributed by atoms with van der Waals surface area (Å²) >= 11 is 2.44. The van der Waals surface area contributed by atoms with Crippen LogP contribution in [0.2, 0.25) is 0 Å². The second kappa shape index (κ2) is 5.95. The predicted molar refractivity (Wildman–Crippen MR) is 120 cm³/mol. The van der Waals surface area contributed by atoms with Crippen molar-refractivity contribution in [1.29, 1.82) is 0 Å². The summed E-state index contributed by atoms with van der Waals surface area (Å²) in [6.45, 7) is 4.78. The van der Waals surface area contributed by atoms with Crippen molar-refractivity contribution in [3.8, 4) is 0 Å². The van der Waals surface area contributed by atoms with Crippen LogP contribution in [0.3, 0.4) is 0 Å². The van der Waals surface area contributed by atoms with Crippen LogP contribution in [0.1, 0.15) is 60.9 Å². The van der Waals surface area contributed by atoms with Crippen LogP contribution in [0, 0.1) is 3.57 Å². The summed E-state index contributed by atoms with van der Waals surface area (Å²) in [5.41, 5.74) is 12.0. The zero-order valence-electron chi connectivity index (χ0n) is 15.4. The van der Waals surface area contributed by atoms with Crippen molar-refractivity contribution in [2.45, 2.75) is 44.9 Å². The standard InChI is InChI=1S/C25H23I/c1-25(2)23-14-19(18-8-7-16-5-3-4-6-17(16)13-18)9-11-21(23)22-12-10-20(26)15-24(22)25/h3,5,7-8,10,12-15H,4,6,9,11H2,1-2H3. The fourth-order valence-electron chi connectivity index (χ4n) is 4.87. The average molecular weight is 450 g/mol. The Hall–Kier alpha value is -1.61. The summed E-state index contributed by atoms with van der Waals surface area (Å²) in [6.07, 6.45) is 11.7. The Morgan fingerprint density at radius 2 is 1.85 bits per heavy atom. The Morgan fingerprint density at radius 3 is 2.73 bits per heavy atom. The normalized spacial score (nSPS) is 19.7. The third-order valence-corrected chi connectivity index (χ3v) is 7.00. The highest BCUT2D eigenvalue weighted by atomic mass is 127. The number of hydrogen-bond acceptors (Lipinski definition) is 0. The molecule has 3 aliphatic rings. The van der Waals surface area contributed by atoms with Gasteiger partial charge in [-0.05, 0) is 105 Å². The first-order valence-electron chi connectivity index (χ1n) is 9.58. The number of halogens is 1. The van der Waals surface area contributed by atoms with Gasteiger partial charge in [0, 0.05) is 8.99 Å². The third kappa shape index (κ3) is 2.47. The van der Waals surface area contributed by atoms with Crippen molar-refractivity contribution in [2.75, 3.05) is 0 Å².